The van der Waals surface area contributed by atoms with Crippen LogP contribution in [-0.2, 0) is 9.53 Å². The van der Waals surface area contributed by atoms with Crippen LogP contribution >= 0.6 is 11.3 Å². The van der Waals surface area contributed by atoms with Crippen molar-refractivity contribution in [2.45, 2.75) is 27.2 Å². The maximum atomic E-state index is 12.1. The molecule has 2 heterocycles. The molecule has 1 saturated heterocycles. The summed E-state index contributed by atoms with van der Waals surface area (Å²) >= 11 is 1.38. The molecule has 20 heavy (non-hydrogen) atoms. The fourth-order valence-electron chi connectivity index (χ4n) is 2.70. The third-order valence-corrected chi connectivity index (χ3v) is 4.47. The zero-order chi connectivity index (χ0) is 14.7. The Bertz CT molecular complexity index is 487. The third kappa shape index (κ3) is 3.82. The van der Waals surface area contributed by atoms with Gasteiger partial charge in [0.2, 0.25) is 0 Å². The Hall–Kier alpha value is -1.36. The zero-order valence-corrected chi connectivity index (χ0v) is 13.0. The zero-order valence-electron chi connectivity index (χ0n) is 12.2. The number of amides is 1. The molecule has 2 rings (SSSR count). The molecule has 0 saturated carbocycles. The van der Waals surface area contributed by atoms with E-state index in [9.17, 15) is 9.59 Å². The van der Waals surface area contributed by atoms with E-state index in [0.29, 0.717) is 16.7 Å². The van der Waals surface area contributed by atoms with Crippen LogP contribution < -0.4 is 0 Å². The first-order valence-electron chi connectivity index (χ1n) is 6.97. The maximum absolute atomic E-state index is 12.1. The van der Waals surface area contributed by atoms with E-state index in [1.165, 1.54) is 11.3 Å². The smallest absolute Gasteiger partial charge is 0.348 e. The van der Waals surface area contributed by atoms with E-state index in [-0.39, 0.29) is 12.5 Å². The molecule has 1 fully saturated rings. The molecule has 1 aromatic heterocycles. The molecule has 0 spiro atoms. The van der Waals surface area contributed by atoms with E-state index in [4.69, 9.17) is 4.74 Å². The number of rotatable bonds is 3. The number of hydrogen-bond donors (Lipinski definition) is 0. The first kappa shape index (κ1) is 15.0. The SMILES string of the molecule is Cc1ccc(C(=O)OCC(=O)N2CC(C)CC(C)C2)s1. The molecule has 0 radical (unpaired) electrons. The van der Waals surface area contributed by atoms with Crippen LogP contribution in [0, 0.1) is 18.8 Å². The van der Waals surface area contributed by atoms with E-state index in [0.717, 1.165) is 24.4 Å². The number of hydrogen-bond acceptors (Lipinski definition) is 4. The lowest BCUT2D eigenvalue weighted by molar-refractivity contribution is -0.137. The summed E-state index contributed by atoms with van der Waals surface area (Å²) in [6, 6.07) is 3.61. The van der Waals surface area contributed by atoms with E-state index < -0.39 is 5.97 Å². The quantitative estimate of drug-likeness (QED) is 0.806. The predicted molar refractivity (Wildman–Crippen MR) is 78.9 cm³/mol. The van der Waals surface area contributed by atoms with E-state index in [1.54, 1.807) is 6.07 Å². The number of carbonyl (C=O) groups excluding carboxylic acids is 2. The van der Waals surface area contributed by atoms with Gasteiger partial charge in [-0.25, -0.2) is 4.79 Å². The minimum absolute atomic E-state index is 0.0926. The largest absolute Gasteiger partial charge is 0.451 e. The van der Waals surface area contributed by atoms with Gasteiger partial charge < -0.3 is 9.64 Å². The first-order valence-corrected chi connectivity index (χ1v) is 7.78. The number of piperidine rings is 1. The number of nitrogens with zero attached hydrogens (tertiary/aromatic N) is 1. The second kappa shape index (κ2) is 6.39. The van der Waals surface area contributed by atoms with Gasteiger partial charge in [0.1, 0.15) is 4.88 Å². The van der Waals surface area contributed by atoms with Gasteiger partial charge in [0, 0.05) is 18.0 Å². The molecule has 2 atom stereocenters. The minimum atomic E-state index is -0.408. The summed E-state index contributed by atoms with van der Waals surface area (Å²) in [5.74, 6) is 0.524. The molecule has 4 nitrogen and oxygen atoms in total. The molecule has 1 aliphatic rings. The van der Waals surface area contributed by atoms with Gasteiger partial charge in [-0.15, -0.1) is 11.3 Å². The Morgan fingerprint density at radius 1 is 1.30 bits per heavy atom. The van der Waals surface area contributed by atoms with E-state index in [1.807, 2.05) is 17.9 Å². The van der Waals surface area contributed by atoms with Crippen molar-refractivity contribution in [1.29, 1.82) is 0 Å². The minimum Gasteiger partial charge on any atom is -0.451 e. The van der Waals surface area contributed by atoms with Crippen molar-refractivity contribution in [3.63, 3.8) is 0 Å². The van der Waals surface area contributed by atoms with Gasteiger partial charge in [-0.2, -0.15) is 0 Å². The van der Waals surface area contributed by atoms with Gasteiger partial charge in [0.25, 0.3) is 5.91 Å². The number of carbonyl (C=O) groups is 2. The van der Waals surface area contributed by atoms with Gasteiger partial charge >= 0.3 is 5.97 Å². The lowest BCUT2D eigenvalue weighted by Gasteiger charge is -2.34. The van der Waals surface area contributed by atoms with Crippen molar-refractivity contribution in [1.82, 2.24) is 4.90 Å². The second-order valence-corrected chi connectivity index (χ2v) is 7.02. The second-order valence-electron chi connectivity index (χ2n) is 5.73. The van der Waals surface area contributed by atoms with Gasteiger partial charge in [0.05, 0.1) is 0 Å². The fraction of sp³-hybridized carbons (Fsp3) is 0.600. The van der Waals surface area contributed by atoms with Gasteiger partial charge in [0.15, 0.2) is 6.61 Å². The predicted octanol–water partition coefficient (Wildman–Crippen LogP) is 2.72. The molecule has 1 aliphatic heterocycles. The maximum Gasteiger partial charge on any atom is 0.348 e. The van der Waals surface area contributed by atoms with Crippen molar-refractivity contribution in [3.05, 3.63) is 21.9 Å². The molecular weight excluding hydrogens is 274 g/mol. The highest BCUT2D eigenvalue weighted by Gasteiger charge is 2.26. The molecule has 1 amide bonds. The molecule has 0 N–H and O–H groups in total. The third-order valence-electron chi connectivity index (χ3n) is 3.49. The highest BCUT2D eigenvalue weighted by atomic mass is 32.1. The number of ether oxygens (including phenoxy) is 1. The summed E-state index contributed by atoms with van der Waals surface area (Å²) in [5.41, 5.74) is 0. The average Bonchev–Trinajstić information content (AvgIpc) is 2.81. The Balaban J connectivity index is 1.84. The molecule has 5 heteroatoms. The van der Waals surface area contributed by atoms with Gasteiger partial charge in [-0.3, -0.25) is 4.79 Å². The van der Waals surface area contributed by atoms with Crippen molar-refractivity contribution < 1.29 is 14.3 Å². The van der Waals surface area contributed by atoms with Crippen molar-refractivity contribution in [2.24, 2.45) is 11.8 Å². The van der Waals surface area contributed by atoms with Crippen LogP contribution in [-0.4, -0.2) is 36.5 Å². The number of thiophene rings is 1. The van der Waals surface area contributed by atoms with Crippen molar-refractivity contribution in [2.75, 3.05) is 19.7 Å². The van der Waals surface area contributed by atoms with Crippen LogP contribution in [0.4, 0.5) is 0 Å². The Morgan fingerprint density at radius 2 is 1.95 bits per heavy atom. The van der Waals surface area contributed by atoms with Gasteiger partial charge in [-0.05, 0) is 37.3 Å². The Labute approximate surface area is 123 Å². The molecular formula is C15H21NO3S. The van der Waals surface area contributed by atoms with Gasteiger partial charge in [-0.1, -0.05) is 13.8 Å². The number of esters is 1. The number of likely N-dealkylation sites (tertiary alicyclic amines) is 1. The summed E-state index contributed by atoms with van der Waals surface area (Å²) in [7, 11) is 0. The highest BCUT2D eigenvalue weighted by molar-refractivity contribution is 7.13. The van der Waals surface area contributed by atoms with Crippen LogP contribution in [0.25, 0.3) is 0 Å². The lowest BCUT2D eigenvalue weighted by Crippen LogP contribution is -2.44. The summed E-state index contributed by atoms with van der Waals surface area (Å²) in [5, 5.41) is 0. The molecule has 0 bridgehead atoms. The summed E-state index contributed by atoms with van der Waals surface area (Å²) in [6.07, 6.45) is 1.15. The van der Waals surface area contributed by atoms with Crippen LogP contribution in [0.3, 0.4) is 0 Å². The van der Waals surface area contributed by atoms with E-state index >= 15 is 0 Å². The summed E-state index contributed by atoms with van der Waals surface area (Å²) in [6.45, 7) is 7.60. The molecule has 0 aliphatic carbocycles. The van der Waals surface area contributed by atoms with Crippen molar-refractivity contribution >= 4 is 23.2 Å². The molecule has 1 aromatic rings. The Kier molecular flexibility index (Phi) is 4.81. The molecule has 110 valence electrons. The number of aryl methyl sites for hydroxylation is 1. The highest BCUT2D eigenvalue weighted by Crippen LogP contribution is 2.21. The van der Waals surface area contributed by atoms with E-state index in [2.05, 4.69) is 13.8 Å². The molecule has 0 aromatic carbocycles. The first-order chi connectivity index (χ1) is 9.45. The molecule has 2 unspecified atom stereocenters. The van der Waals surface area contributed by atoms with Crippen LogP contribution in [0.15, 0.2) is 12.1 Å². The summed E-state index contributed by atoms with van der Waals surface area (Å²) in [4.78, 5) is 27.3. The van der Waals surface area contributed by atoms with Crippen LogP contribution in [0.1, 0.15) is 34.8 Å². The van der Waals surface area contributed by atoms with Crippen LogP contribution in [0.2, 0.25) is 0 Å². The monoisotopic (exact) mass is 295 g/mol. The van der Waals surface area contributed by atoms with Crippen LogP contribution in [0.5, 0.6) is 0 Å². The average molecular weight is 295 g/mol. The normalized spacial score (nSPS) is 22.6. The Morgan fingerprint density at radius 3 is 2.50 bits per heavy atom. The topological polar surface area (TPSA) is 46.6 Å². The standard InChI is InChI=1S/C15H21NO3S/c1-10-6-11(2)8-16(7-10)14(17)9-19-15(18)13-5-4-12(3)20-13/h4-5,10-11H,6-9H2,1-3H3. The lowest BCUT2D eigenvalue weighted by atomic mass is 9.92. The fourth-order valence-corrected chi connectivity index (χ4v) is 3.46. The van der Waals surface area contributed by atoms with Crippen molar-refractivity contribution in [3.8, 4) is 0 Å². The summed E-state index contributed by atoms with van der Waals surface area (Å²) < 4.78 is 5.11.